The predicted octanol–water partition coefficient (Wildman–Crippen LogP) is 3.67. The van der Waals surface area contributed by atoms with E-state index < -0.39 is 5.97 Å². The number of carbonyl (C=O) groups excluding carboxylic acids is 2. The van der Waals surface area contributed by atoms with Crippen molar-refractivity contribution in [2.24, 2.45) is 5.92 Å². The minimum absolute atomic E-state index is 0.0273. The van der Waals surface area contributed by atoms with Gasteiger partial charge in [-0.25, -0.2) is 0 Å². The first kappa shape index (κ1) is 30.4. The number of carboxylic acids is 1. The fourth-order valence-electron chi connectivity index (χ4n) is 4.81. The number of ether oxygens (including phenoxy) is 1. The zero-order valence-electron chi connectivity index (χ0n) is 22.5. The molecule has 2 aliphatic heterocycles. The number of thioether (sulfide) groups is 1. The van der Waals surface area contributed by atoms with Crippen molar-refractivity contribution < 1.29 is 24.2 Å². The Hall–Kier alpha value is -3.17. The number of hydrogen-bond donors (Lipinski definition) is 1. The minimum atomic E-state index is -0.943. The number of anilines is 1. The van der Waals surface area contributed by atoms with Gasteiger partial charge in [0, 0.05) is 38.2 Å². The molecule has 1 amide bonds. The lowest BCUT2D eigenvalue weighted by molar-refractivity contribution is -0.148. The Morgan fingerprint density at radius 2 is 1.90 bits per heavy atom. The number of nitriles is 1. The van der Waals surface area contributed by atoms with Crippen molar-refractivity contribution in [1.29, 1.82) is 5.26 Å². The van der Waals surface area contributed by atoms with Gasteiger partial charge in [-0.15, -0.1) is 0 Å². The maximum atomic E-state index is 13.4. The third-order valence-corrected chi connectivity index (χ3v) is 8.30. The fourth-order valence-corrected chi connectivity index (χ4v) is 6.10. The molecule has 0 aromatic carbocycles. The van der Waals surface area contributed by atoms with E-state index in [0.29, 0.717) is 65.3 Å². The number of thiocarbonyl (C=S) groups is 1. The molecule has 0 unspecified atom stereocenters. The van der Waals surface area contributed by atoms with Gasteiger partial charge in [0.2, 0.25) is 0 Å². The third kappa shape index (κ3) is 6.89. The number of hydrogen-bond acceptors (Lipinski definition) is 9. The summed E-state index contributed by atoms with van der Waals surface area (Å²) < 4.78 is 7.17. The molecule has 0 radical (unpaired) electrons. The number of amides is 1. The van der Waals surface area contributed by atoms with E-state index in [1.165, 1.54) is 4.90 Å². The molecule has 2 saturated heterocycles. The van der Waals surface area contributed by atoms with Crippen molar-refractivity contribution in [1.82, 2.24) is 9.47 Å². The third-order valence-electron chi connectivity index (χ3n) is 6.92. The first-order chi connectivity index (χ1) is 18.6. The molecular formula is C27H34N4O6S2. The monoisotopic (exact) mass is 574 g/mol. The van der Waals surface area contributed by atoms with Gasteiger partial charge in [-0.05, 0) is 51.2 Å². The molecule has 10 nitrogen and oxygen atoms in total. The van der Waals surface area contributed by atoms with Crippen LogP contribution in [0.25, 0.3) is 6.08 Å². The van der Waals surface area contributed by atoms with Gasteiger partial charge in [0.15, 0.2) is 0 Å². The van der Waals surface area contributed by atoms with Crippen LogP contribution in [0.4, 0.5) is 5.82 Å². The van der Waals surface area contributed by atoms with Gasteiger partial charge in [-0.2, -0.15) is 5.26 Å². The highest BCUT2D eigenvalue weighted by Gasteiger charge is 2.34. The molecular weight excluding hydrogens is 540 g/mol. The smallest absolute Gasteiger partial charge is 0.309 e. The highest BCUT2D eigenvalue weighted by atomic mass is 32.2. The van der Waals surface area contributed by atoms with E-state index in [4.69, 9.17) is 22.1 Å². The molecule has 0 saturated carbocycles. The van der Waals surface area contributed by atoms with E-state index in [1.54, 1.807) is 24.5 Å². The van der Waals surface area contributed by atoms with E-state index >= 15 is 0 Å². The summed E-state index contributed by atoms with van der Waals surface area (Å²) in [5.41, 5.74) is 0.737. The summed E-state index contributed by atoms with van der Waals surface area (Å²) in [6.07, 6.45) is 4.59. The normalized spacial score (nSPS) is 17.1. The molecule has 12 heteroatoms. The highest BCUT2D eigenvalue weighted by molar-refractivity contribution is 8.26. The minimum Gasteiger partial charge on any atom is -0.481 e. The van der Waals surface area contributed by atoms with Crippen LogP contribution in [0.2, 0.25) is 0 Å². The number of aliphatic carboxylic acids is 1. The Kier molecular flexibility index (Phi) is 10.7. The zero-order valence-corrected chi connectivity index (χ0v) is 24.2. The van der Waals surface area contributed by atoms with Crippen molar-refractivity contribution >= 4 is 58.0 Å². The predicted molar refractivity (Wildman–Crippen MR) is 153 cm³/mol. The van der Waals surface area contributed by atoms with Crippen molar-refractivity contribution in [3.8, 4) is 6.07 Å². The zero-order chi connectivity index (χ0) is 28.7. The molecule has 2 fully saturated rings. The molecule has 0 aliphatic carbocycles. The van der Waals surface area contributed by atoms with Crippen LogP contribution in [0, 0.1) is 24.2 Å². The maximum Gasteiger partial charge on any atom is 0.309 e. The lowest BCUT2D eigenvalue weighted by Gasteiger charge is -2.35. The summed E-state index contributed by atoms with van der Waals surface area (Å²) >= 11 is 6.53. The quantitative estimate of drug-likeness (QED) is 0.237. The summed E-state index contributed by atoms with van der Waals surface area (Å²) in [6.45, 7) is 7.46. The van der Waals surface area contributed by atoms with E-state index in [2.05, 4.69) is 11.0 Å². The van der Waals surface area contributed by atoms with Crippen LogP contribution >= 0.6 is 24.0 Å². The highest BCUT2D eigenvalue weighted by Crippen LogP contribution is 2.37. The number of pyridine rings is 1. The second-order valence-corrected chi connectivity index (χ2v) is 11.2. The molecule has 1 N–H and O–H groups in total. The molecule has 0 bridgehead atoms. The summed E-state index contributed by atoms with van der Waals surface area (Å²) in [6, 6.07) is 2.05. The van der Waals surface area contributed by atoms with Crippen LogP contribution in [-0.4, -0.2) is 63.0 Å². The topological polar surface area (TPSA) is 133 Å². The van der Waals surface area contributed by atoms with E-state index in [9.17, 15) is 24.4 Å². The Labute approximate surface area is 237 Å². The van der Waals surface area contributed by atoms with Crippen molar-refractivity contribution in [2.45, 2.75) is 65.8 Å². The van der Waals surface area contributed by atoms with Gasteiger partial charge in [0.25, 0.3) is 11.5 Å². The Morgan fingerprint density at radius 3 is 2.49 bits per heavy atom. The average Bonchev–Trinajstić information content (AvgIpc) is 3.17. The fraction of sp³-hybridized carbons (Fsp3) is 0.556. The number of rotatable bonds is 11. The van der Waals surface area contributed by atoms with Gasteiger partial charge in [-0.1, -0.05) is 37.3 Å². The SMILES string of the molecule is CCCCn1c(N2CCC(C(=O)OCC)CC2)c(/C=C2\SC(=S)N(CCCC(=O)O)C2=O)c(C)c(C#N)c1=O. The van der Waals surface area contributed by atoms with E-state index in [0.717, 1.165) is 24.6 Å². The molecule has 0 spiro atoms. The molecule has 3 heterocycles. The van der Waals surface area contributed by atoms with Gasteiger partial charge in [0.1, 0.15) is 21.8 Å². The molecule has 1 aromatic heterocycles. The van der Waals surface area contributed by atoms with Gasteiger partial charge in [-0.3, -0.25) is 28.6 Å². The van der Waals surface area contributed by atoms with Crippen LogP contribution in [0.1, 0.15) is 69.1 Å². The Morgan fingerprint density at radius 1 is 1.21 bits per heavy atom. The molecule has 2 aliphatic rings. The standard InChI is InChI=1S/C27H34N4O6S2/c1-4-6-11-30-23(29-13-9-18(10-14-29)26(36)37-5-2)19(17(3)20(16-28)24(30)34)15-21-25(35)31(27(38)39-21)12-7-8-22(32)33/h15,18H,4-14H2,1-3H3,(H,32,33)/b21-15-. The second kappa shape index (κ2) is 13.8. The van der Waals surface area contributed by atoms with Gasteiger partial charge in [0.05, 0.1) is 17.4 Å². The van der Waals surface area contributed by atoms with Crippen molar-refractivity contribution in [3.63, 3.8) is 0 Å². The number of unbranched alkanes of at least 4 members (excludes halogenated alkanes) is 1. The van der Waals surface area contributed by atoms with Crippen LogP contribution in [-0.2, 0) is 25.7 Å². The van der Waals surface area contributed by atoms with E-state index in [1.807, 2.05) is 6.92 Å². The number of carboxylic acid groups (broad SMARTS) is 1. The molecule has 1 aromatic rings. The number of carbonyl (C=O) groups is 3. The number of esters is 1. The largest absolute Gasteiger partial charge is 0.481 e. The first-order valence-electron chi connectivity index (χ1n) is 13.2. The second-order valence-electron chi connectivity index (χ2n) is 9.50. The number of aromatic nitrogens is 1. The van der Waals surface area contributed by atoms with Crippen LogP contribution in [0.5, 0.6) is 0 Å². The van der Waals surface area contributed by atoms with E-state index in [-0.39, 0.29) is 48.3 Å². The summed E-state index contributed by atoms with van der Waals surface area (Å²) in [7, 11) is 0. The maximum absolute atomic E-state index is 13.4. The average molecular weight is 575 g/mol. The summed E-state index contributed by atoms with van der Waals surface area (Å²) in [5.74, 6) is -1.08. The van der Waals surface area contributed by atoms with Crippen LogP contribution < -0.4 is 10.5 Å². The molecule has 3 rings (SSSR count). The first-order valence-corrected chi connectivity index (χ1v) is 14.4. The molecule has 39 heavy (non-hydrogen) atoms. The molecule has 210 valence electrons. The van der Waals surface area contributed by atoms with Crippen LogP contribution in [0.3, 0.4) is 0 Å². The lowest BCUT2D eigenvalue weighted by atomic mass is 9.95. The Bertz CT molecular complexity index is 1270. The number of nitrogens with zero attached hydrogens (tertiary/aromatic N) is 4. The van der Waals surface area contributed by atoms with Crippen molar-refractivity contribution in [3.05, 3.63) is 31.9 Å². The number of piperidine rings is 1. The summed E-state index contributed by atoms with van der Waals surface area (Å²) in [4.78, 5) is 53.7. The molecule has 0 atom stereocenters. The van der Waals surface area contributed by atoms with Gasteiger partial charge >= 0.3 is 11.9 Å². The Balaban J connectivity index is 2.07. The van der Waals surface area contributed by atoms with Crippen molar-refractivity contribution in [2.75, 3.05) is 31.1 Å². The van der Waals surface area contributed by atoms with Gasteiger partial charge < -0.3 is 14.7 Å². The lowest BCUT2D eigenvalue weighted by Crippen LogP contribution is -2.41. The summed E-state index contributed by atoms with van der Waals surface area (Å²) in [5, 5.41) is 18.8. The van der Waals surface area contributed by atoms with Crippen LogP contribution in [0.15, 0.2) is 9.70 Å².